The Morgan fingerprint density at radius 2 is 1.76 bits per heavy atom. The lowest BCUT2D eigenvalue weighted by Gasteiger charge is -2.20. The summed E-state index contributed by atoms with van der Waals surface area (Å²) in [6.07, 6.45) is 3.52. The Morgan fingerprint density at radius 3 is 2.41 bits per heavy atom. The molecule has 29 heavy (non-hydrogen) atoms. The normalized spacial score (nSPS) is 15.5. The van der Waals surface area contributed by atoms with Gasteiger partial charge in [-0.3, -0.25) is 14.9 Å². The molecule has 1 fully saturated rings. The van der Waals surface area contributed by atoms with Crippen molar-refractivity contribution < 1.29 is 22.5 Å². The van der Waals surface area contributed by atoms with Crippen LogP contribution in [-0.4, -0.2) is 36.6 Å². The van der Waals surface area contributed by atoms with Crippen LogP contribution in [0, 0.1) is 15.9 Å². The predicted molar refractivity (Wildman–Crippen MR) is 105 cm³/mol. The average Bonchev–Trinajstić information content (AvgIpc) is 2.99. The van der Waals surface area contributed by atoms with Crippen molar-refractivity contribution in [1.82, 2.24) is 4.31 Å². The molecule has 1 amide bonds. The zero-order valence-electron chi connectivity index (χ0n) is 15.5. The van der Waals surface area contributed by atoms with E-state index in [0.29, 0.717) is 13.1 Å². The Labute approximate surface area is 167 Å². The second-order valence-corrected chi connectivity index (χ2v) is 8.66. The fraction of sp³-hybridized carbons (Fsp3) is 0.316. The van der Waals surface area contributed by atoms with Gasteiger partial charge in [-0.1, -0.05) is 18.9 Å². The number of nitro groups is 1. The molecule has 0 unspecified atom stereocenters. The van der Waals surface area contributed by atoms with Crippen LogP contribution in [0.2, 0.25) is 0 Å². The molecule has 0 saturated carbocycles. The van der Waals surface area contributed by atoms with E-state index >= 15 is 0 Å². The highest BCUT2D eigenvalue weighted by Crippen LogP contribution is 2.24. The summed E-state index contributed by atoms with van der Waals surface area (Å²) in [5.41, 5.74) is -0.726. The van der Waals surface area contributed by atoms with E-state index < -0.39 is 26.7 Å². The summed E-state index contributed by atoms with van der Waals surface area (Å²) < 4.78 is 41.1. The highest BCUT2D eigenvalue weighted by molar-refractivity contribution is 7.89. The molecular formula is C19H20FN3O5S. The molecule has 0 bridgehead atoms. The number of halogens is 1. The molecule has 0 aliphatic carbocycles. The second kappa shape index (κ2) is 8.66. The second-order valence-electron chi connectivity index (χ2n) is 6.72. The number of sulfonamides is 1. The van der Waals surface area contributed by atoms with Gasteiger partial charge in [-0.05, 0) is 37.1 Å². The van der Waals surface area contributed by atoms with Gasteiger partial charge < -0.3 is 5.32 Å². The fourth-order valence-electron chi connectivity index (χ4n) is 3.15. The third-order valence-corrected chi connectivity index (χ3v) is 6.60. The molecule has 10 heteroatoms. The number of nitrogens with zero attached hydrogens (tertiary/aromatic N) is 2. The smallest absolute Gasteiger partial charge is 0.271 e. The molecule has 2 aromatic carbocycles. The quantitative estimate of drug-likeness (QED) is 0.586. The molecule has 8 nitrogen and oxygen atoms in total. The van der Waals surface area contributed by atoms with Crippen LogP contribution in [0.15, 0.2) is 47.4 Å². The summed E-state index contributed by atoms with van der Waals surface area (Å²) in [4.78, 5) is 22.6. The minimum Gasteiger partial charge on any atom is -0.319 e. The number of amides is 1. The minimum absolute atomic E-state index is 0.00630. The molecule has 2 aromatic rings. The van der Waals surface area contributed by atoms with Crippen LogP contribution in [-0.2, 0) is 10.0 Å². The molecule has 3 rings (SSSR count). The molecule has 154 valence electrons. The minimum atomic E-state index is -3.75. The number of hydrogen-bond donors (Lipinski definition) is 1. The number of non-ortho nitro benzene ring substituents is 1. The maximum Gasteiger partial charge on any atom is 0.271 e. The zero-order chi connectivity index (χ0) is 21.0. The van der Waals surface area contributed by atoms with Gasteiger partial charge in [0.1, 0.15) is 5.82 Å². The molecule has 1 aliphatic heterocycles. The van der Waals surface area contributed by atoms with Crippen molar-refractivity contribution in [3.05, 3.63) is 64.0 Å². The molecule has 0 atom stereocenters. The van der Waals surface area contributed by atoms with E-state index in [0.717, 1.165) is 43.9 Å². The average molecular weight is 421 g/mol. The first-order valence-electron chi connectivity index (χ1n) is 9.14. The number of carbonyl (C=O) groups is 1. The van der Waals surface area contributed by atoms with E-state index in [9.17, 15) is 27.7 Å². The van der Waals surface area contributed by atoms with Crippen molar-refractivity contribution in [2.24, 2.45) is 0 Å². The van der Waals surface area contributed by atoms with E-state index in [1.807, 2.05) is 0 Å². The number of hydrogen-bond acceptors (Lipinski definition) is 5. The van der Waals surface area contributed by atoms with Crippen molar-refractivity contribution in [2.75, 3.05) is 18.4 Å². The van der Waals surface area contributed by atoms with E-state index in [1.165, 1.54) is 28.6 Å². The number of nitro benzene ring substituents is 1. The Kier molecular flexibility index (Phi) is 6.23. The van der Waals surface area contributed by atoms with E-state index in [-0.39, 0.29) is 21.8 Å². The standard InChI is InChI=1S/C19H20FN3O5S/c20-17-9-8-15(23(25)26)13-18(17)21-19(24)14-6-5-7-16(12-14)29(27,28)22-10-3-1-2-4-11-22/h5-9,12-13H,1-4,10-11H2,(H,21,24). The maximum atomic E-state index is 13.9. The van der Waals surface area contributed by atoms with Gasteiger partial charge in [-0.15, -0.1) is 0 Å². The van der Waals surface area contributed by atoms with E-state index in [2.05, 4.69) is 5.32 Å². The Morgan fingerprint density at radius 1 is 1.07 bits per heavy atom. The van der Waals surface area contributed by atoms with Gasteiger partial charge in [-0.25, -0.2) is 12.8 Å². The fourth-order valence-corrected chi connectivity index (χ4v) is 4.71. The van der Waals surface area contributed by atoms with Crippen molar-refractivity contribution in [3.8, 4) is 0 Å². The lowest BCUT2D eigenvalue weighted by atomic mass is 10.2. The van der Waals surface area contributed by atoms with Gasteiger partial charge in [0.15, 0.2) is 0 Å². The van der Waals surface area contributed by atoms with E-state index in [1.54, 1.807) is 0 Å². The van der Waals surface area contributed by atoms with Crippen LogP contribution < -0.4 is 5.32 Å². The predicted octanol–water partition coefficient (Wildman–Crippen LogP) is 3.55. The third-order valence-electron chi connectivity index (χ3n) is 4.71. The van der Waals surface area contributed by atoms with Gasteiger partial charge in [0.2, 0.25) is 10.0 Å². The maximum absolute atomic E-state index is 13.9. The van der Waals surface area contributed by atoms with Crippen LogP contribution in [0.5, 0.6) is 0 Å². The Hall–Kier alpha value is -2.85. The first kappa shape index (κ1) is 20.9. The number of carbonyl (C=O) groups excluding carboxylic acids is 1. The van der Waals surface area contributed by atoms with Gasteiger partial charge in [0, 0.05) is 30.8 Å². The number of nitrogens with one attached hydrogen (secondary N) is 1. The summed E-state index contributed by atoms with van der Waals surface area (Å²) in [5, 5.41) is 13.1. The van der Waals surface area contributed by atoms with Gasteiger partial charge in [0.25, 0.3) is 11.6 Å². The lowest BCUT2D eigenvalue weighted by molar-refractivity contribution is -0.384. The summed E-state index contributed by atoms with van der Waals surface area (Å²) in [5.74, 6) is -1.60. The van der Waals surface area contributed by atoms with Crippen LogP contribution in [0.1, 0.15) is 36.0 Å². The SMILES string of the molecule is O=C(Nc1cc([N+](=O)[O-])ccc1F)c1cccc(S(=O)(=O)N2CCCCCC2)c1. The van der Waals surface area contributed by atoms with Crippen LogP contribution >= 0.6 is 0 Å². The number of anilines is 1. The van der Waals surface area contributed by atoms with Crippen LogP contribution in [0.25, 0.3) is 0 Å². The largest absolute Gasteiger partial charge is 0.319 e. The van der Waals surface area contributed by atoms with E-state index in [4.69, 9.17) is 0 Å². The van der Waals surface area contributed by atoms with Crippen LogP contribution in [0.3, 0.4) is 0 Å². The molecule has 1 N–H and O–H groups in total. The molecule has 0 radical (unpaired) electrons. The molecule has 1 heterocycles. The zero-order valence-corrected chi connectivity index (χ0v) is 16.3. The molecule has 0 aromatic heterocycles. The summed E-state index contributed by atoms with van der Waals surface area (Å²) in [6.45, 7) is 0.856. The number of rotatable bonds is 5. The van der Waals surface area contributed by atoms with Gasteiger partial charge in [-0.2, -0.15) is 4.31 Å². The molecule has 1 saturated heterocycles. The highest BCUT2D eigenvalue weighted by Gasteiger charge is 2.26. The summed E-state index contributed by atoms with van der Waals surface area (Å²) in [6, 6.07) is 8.24. The highest BCUT2D eigenvalue weighted by atomic mass is 32.2. The monoisotopic (exact) mass is 421 g/mol. The van der Waals surface area contributed by atoms with Crippen molar-refractivity contribution in [2.45, 2.75) is 30.6 Å². The van der Waals surface area contributed by atoms with Crippen molar-refractivity contribution in [3.63, 3.8) is 0 Å². The lowest BCUT2D eigenvalue weighted by Crippen LogP contribution is -2.32. The Bertz CT molecular complexity index is 1030. The molecular weight excluding hydrogens is 401 g/mol. The van der Waals surface area contributed by atoms with Crippen molar-refractivity contribution >= 4 is 27.3 Å². The first-order chi connectivity index (χ1) is 13.8. The summed E-state index contributed by atoms with van der Waals surface area (Å²) in [7, 11) is -3.75. The first-order valence-corrected chi connectivity index (χ1v) is 10.6. The van der Waals surface area contributed by atoms with Crippen molar-refractivity contribution in [1.29, 1.82) is 0 Å². The van der Waals surface area contributed by atoms with Gasteiger partial charge >= 0.3 is 0 Å². The topological polar surface area (TPSA) is 110 Å². The van der Waals surface area contributed by atoms with Gasteiger partial charge in [0.05, 0.1) is 15.5 Å². The molecule has 0 spiro atoms. The summed E-state index contributed by atoms with van der Waals surface area (Å²) >= 11 is 0. The third kappa shape index (κ3) is 4.77. The Balaban J connectivity index is 1.85. The molecule has 1 aliphatic rings. The number of benzene rings is 2. The van der Waals surface area contributed by atoms with Crippen LogP contribution in [0.4, 0.5) is 15.8 Å².